The Balaban J connectivity index is 2.03. The number of carbonyl (C=O) groups is 1. The largest absolute Gasteiger partial charge is 0.477 e. The first-order chi connectivity index (χ1) is 12.6. The summed E-state index contributed by atoms with van der Waals surface area (Å²) in [4.78, 5) is 25.7. The number of carboxylic acid groups (broad SMARTS) is 1. The van der Waals surface area contributed by atoms with Crippen molar-refractivity contribution in [2.45, 2.75) is 20.0 Å². The summed E-state index contributed by atoms with van der Waals surface area (Å²) < 4.78 is 22.3. The number of anilines is 1. The highest BCUT2D eigenvalue weighted by Crippen LogP contribution is 2.43. The number of rotatable bonds is 2. The van der Waals surface area contributed by atoms with E-state index in [0.29, 0.717) is 12.1 Å². The molecule has 2 aliphatic rings. The summed E-state index contributed by atoms with van der Waals surface area (Å²) in [7, 11) is 1.67. The van der Waals surface area contributed by atoms with E-state index in [9.17, 15) is 19.8 Å². The first-order valence-electron chi connectivity index (χ1n) is 8.54. The van der Waals surface area contributed by atoms with E-state index >= 15 is 4.39 Å². The van der Waals surface area contributed by atoms with Gasteiger partial charge in [-0.2, -0.15) is 0 Å². The Hall–Kier alpha value is -2.81. The first kappa shape index (κ1) is 17.6. The Morgan fingerprint density at radius 2 is 2.11 bits per heavy atom. The molecule has 3 heterocycles. The summed E-state index contributed by atoms with van der Waals surface area (Å²) in [6.45, 7) is 4.50. The molecule has 0 radical (unpaired) electrons. The number of halogens is 1. The number of aromatic nitrogens is 1. The number of aliphatic hydroxyl groups is 1. The summed E-state index contributed by atoms with van der Waals surface area (Å²) in [6, 6.07) is 1.06. The van der Waals surface area contributed by atoms with Gasteiger partial charge in [0.2, 0.25) is 5.43 Å². The molecule has 0 amide bonds. The molecule has 1 aromatic carbocycles. The summed E-state index contributed by atoms with van der Waals surface area (Å²) in [6.07, 6.45) is 0.589. The third-order valence-corrected chi connectivity index (χ3v) is 5.36. The van der Waals surface area contributed by atoms with Gasteiger partial charge in [0.1, 0.15) is 16.8 Å². The van der Waals surface area contributed by atoms with Gasteiger partial charge in [-0.05, 0) is 6.07 Å². The highest BCUT2D eigenvalue weighted by atomic mass is 19.1. The van der Waals surface area contributed by atoms with E-state index in [1.807, 2.05) is 13.8 Å². The average Bonchev–Trinajstić information content (AvgIpc) is 2.84. The SMILES string of the molecule is CN1COc2c(N3C[C@@H](O)C(C)(C)C3)c(F)cc3c(=O)c(C(=O)O)cn1c23. The molecule has 144 valence electrons. The van der Waals surface area contributed by atoms with Gasteiger partial charge < -0.3 is 19.8 Å². The van der Waals surface area contributed by atoms with Crippen molar-refractivity contribution in [2.24, 2.45) is 5.41 Å². The maximum Gasteiger partial charge on any atom is 0.341 e. The molecular weight excluding hydrogens is 357 g/mol. The number of β-amino-alcohol motifs (C(OH)–C–C–N with tert-alkyl or cyclic N) is 1. The van der Waals surface area contributed by atoms with Crippen LogP contribution in [0, 0.1) is 11.2 Å². The number of aromatic carboxylic acids is 1. The molecule has 0 spiro atoms. The Kier molecular flexibility index (Phi) is 3.64. The number of nitrogens with zero attached hydrogens (tertiary/aromatic N) is 3. The maximum atomic E-state index is 15.1. The smallest absolute Gasteiger partial charge is 0.341 e. The molecule has 9 heteroatoms. The molecule has 0 saturated carbocycles. The fourth-order valence-corrected chi connectivity index (χ4v) is 3.76. The zero-order valence-corrected chi connectivity index (χ0v) is 15.2. The van der Waals surface area contributed by atoms with Crippen LogP contribution in [0.25, 0.3) is 10.9 Å². The normalized spacial score (nSPS) is 20.9. The highest BCUT2D eigenvalue weighted by molar-refractivity contribution is 5.97. The lowest BCUT2D eigenvalue weighted by Crippen LogP contribution is -2.40. The van der Waals surface area contributed by atoms with Crippen molar-refractivity contribution in [1.29, 1.82) is 0 Å². The molecule has 1 aromatic heterocycles. The second kappa shape index (κ2) is 5.59. The van der Waals surface area contributed by atoms with Crippen molar-refractivity contribution in [3.8, 4) is 5.75 Å². The summed E-state index contributed by atoms with van der Waals surface area (Å²) in [5, 5.41) is 21.1. The molecule has 0 unspecified atom stereocenters. The number of benzene rings is 1. The van der Waals surface area contributed by atoms with E-state index in [2.05, 4.69) is 0 Å². The lowest BCUT2D eigenvalue weighted by molar-refractivity contribution is 0.0694. The van der Waals surface area contributed by atoms with Crippen LogP contribution in [0.4, 0.5) is 10.1 Å². The van der Waals surface area contributed by atoms with E-state index < -0.39 is 34.3 Å². The van der Waals surface area contributed by atoms with Crippen LogP contribution in [0.1, 0.15) is 24.2 Å². The minimum Gasteiger partial charge on any atom is -0.477 e. The van der Waals surface area contributed by atoms with Gasteiger partial charge in [-0.25, -0.2) is 9.18 Å². The topological polar surface area (TPSA) is 95.2 Å². The van der Waals surface area contributed by atoms with Gasteiger partial charge in [0.25, 0.3) is 0 Å². The van der Waals surface area contributed by atoms with Crippen molar-refractivity contribution in [2.75, 3.05) is 36.8 Å². The van der Waals surface area contributed by atoms with Gasteiger partial charge in [0, 0.05) is 31.7 Å². The van der Waals surface area contributed by atoms with Crippen molar-refractivity contribution in [3.05, 3.63) is 33.9 Å². The van der Waals surface area contributed by atoms with E-state index in [0.717, 1.165) is 6.07 Å². The molecule has 2 aromatic rings. The van der Waals surface area contributed by atoms with Crippen LogP contribution in [-0.4, -0.2) is 53.8 Å². The quantitative estimate of drug-likeness (QED) is 0.805. The number of carboxylic acids is 1. The van der Waals surface area contributed by atoms with Crippen LogP contribution in [0.15, 0.2) is 17.1 Å². The Labute approximate surface area is 153 Å². The molecule has 0 aliphatic carbocycles. The molecular formula is C18H20FN3O5. The minimum atomic E-state index is -1.37. The first-order valence-corrected chi connectivity index (χ1v) is 8.54. The number of hydrogen-bond donors (Lipinski definition) is 2. The van der Waals surface area contributed by atoms with Crippen LogP contribution >= 0.6 is 0 Å². The van der Waals surface area contributed by atoms with E-state index in [4.69, 9.17) is 4.74 Å². The molecule has 4 rings (SSSR count). The van der Waals surface area contributed by atoms with Crippen molar-refractivity contribution in [1.82, 2.24) is 4.68 Å². The number of pyridine rings is 1. The molecule has 2 N–H and O–H groups in total. The summed E-state index contributed by atoms with van der Waals surface area (Å²) in [5.41, 5.74) is -1.13. The number of ether oxygens (including phenoxy) is 1. The Morgan fingerprint density at radius 1 is 1.41 bits per heavy atom. The average molecular weight is 377 g/mol. The molecule has 1 saturated heterocycles. The maximum absolute atomic E-state index is 15.1. The van der Waals surface area contributed by atoms with Gasteiger partial charge >= 0.3 is 5.97 Å². The molecule has 2 aliphatic heterocycles. The number of aliphatic hydroxyl groups excluding tert-OH is 1. The van der Waals surface area contributed by atoms with Gasteiger partial charge in [-0.3, -0.25) is 14.5 Å². The second-order valence-electron chi connectivity index (χ2n) is 7.77. The summed E-state index contributed by atoms with van der Waals surface area (Å²) in [5.74, 6) is -1.87. The molecule has 1 atom stereocenters. The predicted octanol–water partition coefficient (Wildman–Crippen LogP) is 0.964. The van der Waals surface area contributed by atoms with Crippen molar-refractivity contribution < 1.29 is 24.1 Å². The van der Waals surface area contributed by atoms with E-state index in [-0.39, 0.29) is 30.1 Å². The molecule has 0 bridgehead atoms. The third-order valence-electron chi connectivity index (χ3n) is 5.36. The van der Waals surface area contributed by atoms with Crippen LogP contribution in [0.3, 0.4) is 0 Å². The van der Waals surface area contributed by atoms with E-state index in [1.54, 1.807) is 17.0 Å². The molecule has 1 fully saturated rings. The second-order valence-corrected chi connectivity index (χ2v) is 7.77. The van der Waals surface area contributed by atoms with Crippen molar-refractivity contribution >= 4 is 22.6 Å². The molecule has 27 heavy (non-hydrogen) atoms. The van der Waals surface area contributed by atoms with Gasteiger partial charge in [0.15, 0.2) is 18.3 Å². The van der Waals surface area contributed by atoms with Gasteiger partial charge in [-0.15, -0.1) is 0 Å². The predicted molar refractivity (Wildman–Crippen MR) is 96.8 cm³/mol. The van der Waals surface area contributed by atoms with Crippen molar-refractivity contribution in [3.63, 3.8) is 0 Å². The lowest BCUT2D eigenvalue weighted by Gasteiger charge is -2.33. The fraction of sp³-hybridized carbons (Fsp3) is 0.444. The third kappa shape index (κ3) is 2.45. The zero-order valence-electron chi connectivity index (χ0n) is 15.2. The fourth-order valence-electron chi connectivity index (χ4n) is 3.76. The molecule has 8 nitrogen and oxygen atoms in total. The van der Waals surface area contributed by atoms with Gasteiger partial charge in [0.05, 0.1) is 11.5 Å². The Morgan fingerprint density at radius 3 is 2.70 bits per heavy atom. The standard InChI is InChI=1S/C18H20FN3O5/c1-18(2)7-21(6-12(18)23)14-11(19)4-9-13-16(14)27-8-20(3)22(13)5-10(15(9)24)17(25)26/h4-5,12,23H,6-8H2,1-3H3,(H,25,26)/t12-/m1/s1. The van der Waals surface area contributed by atoms with E-state index in [1.165, 1.54) is 10.9 Å². The van der Waals surface area contributed by atoms with Gasteiger partial charge in [-0.1, -0.05) is 13.8 Å². The monoisotopic (exact) mass is 377 g/mol. The minimum absolute atomic E-state index is 0.0558. The van der Waals surface area contributed by atoms with Crippen LogP contribution < -0.4 is 20.1 Å². The number of hydrogen-bond acceptors (Lipinski definition) is 6. The summed E-state index contributed by atoms with van der Waals surface area (Å²) >= 11 is 0. The lowest BCUT2D eigenvalue weighted by atomic mass is 9.90. The highest BCUT2D eigenvalue weighted by Gasteiger charge is 2.41. The zero-order chi connectivity index (χ0) is 19.7. The Bertz CT molecular complexity index is 1030. The van der Waals surface area contributed by atoms with Crippen LogP contribution in [-0.2, 0) is 0 Å². The van der Waals surface area contributed by atoms with Crippen LogP contribution in [0.5, 0.6) is 5.75 Å². The van der Waals surface area contributed by atoms with Crippen LogP contribution in [0.2, 0.25) is 0 Å².